The zero-order valence-electron chi connectivity index (χ0n) is 11.3. The molecule has 102 valence electrons. The number of hydrogen-bond donors (Lipinski definition) is 0. The molecule has 0 bridgehead atoms. The second kappa shape index (κ2) is 5.33. The molecule has 0 saturated heterocycles. The molecule has 1 heterocycles. The number of aromatic nitrogens is 2. The minimum atomic E-state index is -0.470. The van der Waals surface area contributed by atoms with Gasteiger partial charge in [0.05, 0.1) is 10.5 Å². The van der Waals surface area contributed by atoms with Crippen molar-refractivity contribution < 1.29 is 9.53 Å². The lowest BCUT2D eigenvalue weighted by molar-refractivity contribution is -0.155. The smallest absolute Gasteiger partial charge is 0.328 e. The summed E-state index contributed by atoms with van der Waals surface area (Å²) < 4.78 is 6.90. The number of ether oxygens (including phenoxy) is 1. The largest absolute Gasteiger partial charge is 0.459 e. The van der Waals surface area contributed by atoms with Gasteiger partial charge in [-0.15, -0.1) is 0 Å². The molecule has 19 heavy (non-hydrogen) atoms. The van der Waals surface area contributed by atoms with E-state index in [1.165, 1.54) is 0 Å². The Balaban J connectivity index is 2.12. The van der Waals surface area contributed by atoms with Gasteiger partial charge >= 0.3 is 5.97 Å². The van der Waals surface area contributed by atoms with Crippen LogP contribution >= 0.6 is 15.9 Å². The van der Waals surface area contributed by atoms with Crippen LogP contribution in [-0.4, -0.2) is 21.4 Å². The third-order valence-corrected chi connectivity index (χ3v) is 3.20. The predicted octanol–water partition coefficient (Wildman–Crippen LogP) is 3.24. The Bertz CT molecular complexity index is 538. The average molecular weight is 325 g/mol. The van der Waals surface area contributed by atoms with Crippen LogP contribution in [0.3, 0.4) is 0 Å². The predicted molar refractivity (Wildman–Crippen MR) is 77.9 cm³/mol. The first-order valence-corrected chi connectivity index (χ1v) is 7.05. The third-order valence-electron chi connectivity index (χ3n) is 2.46. The fourth-order valence-corrected chi connectivity index (χ4v) is 2.33. The molecule has 2 rings (SSSR count). The minimum Gasteiger partial charge on any atom is -0.459 e. The van der Waals surface area contributed by atoms with Gasteiger partial charge < -0.3 is 4.74 Å². The molecule has 4 nitrogen and oxygen atoms in total. The number of hydrogen-bond acceptors (Lipinski definition) is 3. The van der Waals surface area contributed by atoms with Gasteiger partial charge in [-0.05, 0) is 20.8 Å². The van der Waals surface area contributed by atoms with Crippen molar-refractivity contribution in [2.45, 2.75) is 37.7 Å². The van der Waals surface area contributed by atoms with Gasteiger partial charge in [0.25, 0.3) is 0 Å². The zero-order valence-corrected chi connectivity index (χ0v) is 12.8. The van der Waals surface area contributed by atoms with Crippen LogP contribution in [0.4, 0.5) is 0 Å². The van der Waals surface area contributed by atoms with Crippen LogP contribution < -0.4 is 0 Å². The SMILES string of the molecule is CC(C)(C)OC(=O)Cn1cc2c(n1)C(Br)C=CC=C2. The highest BCUT2D eigenvalue weighted by atomic mass is 79.9. The molecular formula is C14H17BrN2O2. The van der Waals surface area contributed by atoms with Crippen LogP contribution in [-0.2, 0) is 16.1 Å². The van der Waals surface area contributed by atoms with E-state index in [9.17, 15) is 4.79 Å². The van der Waals surface area contributed by atoms with Crippen molar-refractivity contribution in [3.8, 4) is 0 Å². The molecule has 0 aromatic carbocycles. The average Bonchev–Trinajstić information content (AvgIpc) is 2.57. The number of nitrogens with zero attached hydrogens (tertiary/aromatic N) is 2. The molecule has 0 N–H and O–H groups in total. The molecule has 1 aromatic rings. The Morgan fingerprint density at radius 1 is 1.47 bits per heavy atom. The second-order valence-corrected chi connectivity index (χ2v) is 6.39. The number of fused-ring (bicyclic) bond motifs is 1. The molecule has 0 saturated carbocycles. The number of carbonyl (C=O) groups is 1. The van der Waals surface area contributed by atoms with Crippen LogP contribution in [0.15, 0.2) is 24.4 Å². The number of halogens is 1. The molecule has 1 aliphatic carbocycles. The Hall–Kier alpha value is -1.36. The summed E-state index contributed by atoms with van der Waals surface area (Å²) in [4.78, 5) is 11.8. The highest BCUT2D eigenvalue weighted by Gasteiger charge is 2.19. The van der Waals surface area contributed by atoms with Crippen molar-refractivity contribution >= 4 is 28.0 Å². The number of esters is 1. The minimum absolute atomic E-state index is 0.0670. The van der Waals surface area contributed by atoms with Crippen molar-refractivity contribution in [3.05, 3.63) is 35.7 Å². The first-order chi connectivity index (χ1) is 8.85. The van der Waals surface area contributed by atoms with Crippen LogP contribution in [0.5, 0.6) is 0 Å². The van der Waals surface area contributed by atoms with Crippen molar-refractivity contribution in [3.63, 3.8) is 0 Å². The molecule has 0 aliphatic heterocycles. The fraction of sp³-hybridized carbons (Fsp3) is 0.429. The van der Waals surface area contributed by atoms with E-state index in [0.29, 0.717) is 0 Å². The van der Waals surface area contributed by atoms with Gasteiger partial charge in [0, 0.05) is 11.8 Å². The van der Waals surface area contributed by atoms with E-state index >= 15 is 0 Å². The number of alkyl halides is 1. The first kappa shape index (κ1) is 14.1. The van der Waals surface area contributed by atoms with Crippen molar-refractivity contribution in [2.24, 2.45) is 0 Å². The van der Waals surface area contributed by atoms with E-state index in [4.69, 9.17) is 4.74 Å². The summed E-state index contributed by atoms with van der Waals surface area (Å²) in [6.07, 6.45) is 9.77. The Morgan fingerprint density at radius 3 is 2.89 bits per heavy atom. The summed E-state index contributed by atoms with van der Waals surface area (Å²) >= 11 is 3.55. The molecule has 1 aromatic heterocycles. The summed E-state index contributed by atoms with van der Waals surface area (Å²) in [5, 5.41) is 4.43. The maximum atomic E-state index is 11.8. The van der Waals surface area contributed by atoms with E-state index in [2.05, 4.69) is 21.0 Å². The molecule has 0 amide bonds. The molecule has 0 spiro atoms. The molecule has 1 atom stereocenters. The van der Waals surface area contributed by atoms with Gasteiger partial charge in [-0.25, -0.2) is 0 Å². The van der Waals surface area contributed by atoms with E-state index in [1.54, 1.807) is 4.68 Å². The van der Waals surface area contributed by atoms with Crippen molar-refractivity contribution in [2.75, 3.05) is 0 Å². The van der Waals surface area contributed by atoms with Gasteiger partial charge in [0.1, 0.15) is 12.1 Å². The summed E-state index contributed by atoms with van der Waals surface area (Å²) in [6.45, 7) is 5.68. The highest BCUT2D eigenvalue weighted by molar-refractivity contribution is 9.09. The van der Waals surface area contributed by atoms with Crippen LogP contribution in [0.2, 0.25) is 0 Å². The maximum Gasteiger partial charge on any atom is 0.328 e. The first-order valence-electron chi connectivity index (χ1n) is 6.13. The maximum absolute atomic E-state index is 11.8. The molecule has 5 heteroatoms. The summed E-state index contributed by atoms with van der Waals surface area (Å²) in [7, 11) is 0. The molecule has 0 fully saturated rings. The van der Waals surface area contributed by atoms with Gasteiger partial charge in [-0.2, -0.15) is 5.10 Å². The van der Waals surface area contributed by atoms with Gasteiger partial charge in [0.15, 0.2) is 0 Å². The normalized spacial score (nSPS) is 18.0. The van der Waals surface area contributed by atoms with Crippen LogP contribution in [0.25, 0.3) is 6.08 Å². The second-order valence-electron chi connectivity index (χ2n) is 5.40. The van der Waals surface area contributed by atoms with E-state index in [-0.39, 0.29) is 17.3 Å². The molecule has 1 aliphatic rings. The highest BCUT2D eigenvalue weighted by Crippen LogP contribution is 2.28. The van der Waals surface area contributed by atoms with Gasteiger partial charge in [-0.3, -0.25) is 9.48 Å². The zero-order chi connectivity index (χ0) is 14.0. The van der Waals surface area contributed by atoms with Crippen LogP contribution in [0.1, 0.15) is 36.9 Å². The number of rotatable bonds is 2. The Morgan fingerprint density at radius 2 is 2.21 bits per heavy atom. The van der Waals surface area contributed by atoms with Crippen molar-refractivity contribution in [1.29, 1.82) is 0 Å². The van der Waals surface area contributed by atoms with Gasteiger partial charge in [0.2, 0.25) is 0 Å². The lowest BCUT2D eigenvalue weighted by atomic mass is 10.2. The lowest BCUT2D eigenvalue weighted by Gasteiger charge is -2.19. The standard InChI is InChI=1S/C14H17BrN2O2/c1-14(2,3)19-12(18)9-17-8-10-6-4-5-7-11(15)13(10)16-17/h4-8,11H,9H2,1-3H3. The quantitative estimate of drug-likeness (QED) is 0.619. The Labute approximate surface area is 121 Å². The summed E-state index contributed by atoms with van der Waals surface area (Å²) in [5.41, 5.74) is 1.45. The molecule has 1 unspecified atom stereocenters. The summed E-state index contributed by atoms with van der Waals surface area (Å²) in [5.74, 6) is -0.282. The monoisotopic (exact) mass is 324 g/mol. The van der Waals surface area contributed by atoms with Gasteiger partial charge in [-0.1, -0.05) is 40.2 Å². The van der Waals surface area contributed by atoms with Crippen molar-refractivity contribution in [1.82, 2.24) is 9.78 Å². The third kappa shape index (κ3) is 3.80. The Kier molecular flexibility index (Phi) is 3.94. The number of carbonyl (C=O) groups excluding carboxylic acids is 1. The van der Waals surface area contributed by atoms with E-state index < -0.39 is 5.60 Å². The lowest BCUT2D eigenvalue weighted by Crippen LogP contribution is -2.26. The molecular weight excluding hydrogens is 308 g/mol. The topological polar surface area (TPSA) is 44.1 Å². The van der Waals surface area contributed by atoms with Crippen LogP contribution in [0, 0.1) is 0 Å². The van der Waals surface area contributed by atoms with E-state index in [1.807, 2.05) is 51.3 Å². The molecule has 0 radical (unpaired) electrons. The fourth-order valence-electron chi connectivity index (χ4n) is 1.79. The number of allylic oxidation sites excluding steroid dienone is 3. The van der Waals surface area contributed by atoms with E-state index in [0.717, 1.165) is 11.3 Å². The summed E-state index contributed by atoms with van der Waals surface area (Å²) in [6, 6.07) is 0.